The number of nitrogens with zero attached hydrogens (tertiary/aromatic N) is 3. The summed E-state index contributed by atoms with van der Waals surface area (Å²) in [4.78, 5) is 19.9. The molecule has 172 valence electrons. The van der Waals surface area contributed by atoms with Crippen molar-refractivity contribution in [2.45, 2.75) is 20.8 Å². The highest BCUT2D eigenvalue weighted by molar-refractivity contribution is 6.06. The Hall–Kier alpha value is -4.83. The Bertz CT molecular complexity index is 1570. The average Bonchev–Trinajstić information content (AvgIpc) is 3.29. The maximum atomic E-state index is 11.2. The van der Waals surface area contributed by atoms with Crippen LogP contribution < -0.4 is 5.32 Å². The van der Waals surface area contributed by atoms with E-state index in [9.17, 15) is 10.1 Å². The molecule has 0 atom stereocenters. The molecule has 3 aromatic carbocycles. The molecule has 7 nitrogen and oxygen atoms in total. The SMILES string of the molecule is C=C(/N=C\C)C(=N)Nc1cccc(-c2cccc(-c3nc4cc(C=O)cc(C#N)c4o3)c2C)c1C. The zero-order valence-electron chi connectivity index (χ0n) is 19.6. The molecule has 2 N–H and O–H groups in total. The molecule has 0 fully saturated rings. The van der Waals surface area contributed by atoms with Crippen LogP contribution in [0.5, 0.6) is 0 Å². The van der Waals surface area contributed by atoms with Gasteiger partial charge in [0.15, 0.2) is 5.58 Å². The van der Waals surface area contributed by atoms with Gasteiger partial charge in [0.1, 0.15) is 23.7 Å². The quantitative estimate of drug-likeness (QED) is 0.194. The van der Waals surface area contributed by atoms with Crippen molar-refractivity contribution >= 4 is 35.1 Å². The molecule has 0 saturated heterocycles. The van der Waals surface area contributed by atoms with Crippen molar-refractivity contribution in [3.05, 3.63) is 83.1 Å². The summed E-state index contributed by atoms with van der Waals surface area (Å²) in [6.45, 7) is 9.56. The Morgan fingerprint density at radius 1 is 1.14 bits per heavy atom. The number of amidine groups is 1. The van der Waals surface area contributed by atoms with Gasteiger partial charge in [-0.05, 0) is 67.3 Å². The number of aromatic nitrogens is 1. The molecule has 0 bridgehead atoms. The Morgan fingerprint density at radius 3 is 2.51 bits per heavy atom. The van der Waals surface area contributed by atoms with Gasteiger partial charge in [0.05, 0.1) is 11.3 Å². The predicted molar refractivity (Wildman–Crippen MR) is 139 cm³/mol. The molecule has 1 heterocycles. The zero-order valence-corrected chi connectivity index (χ0v) is 19.6. The summed E-state index contributed by atoms with van der Waals surface area (Å²) in [5.74, 6) is 0.504. The first kappa shape index (κ1) is 23.3. The number of benzene rings is 3. The van der Waals surface area contributed by atoms with Crippen molar-refractivity contribution in [3.63, 3.8) is 0 Å². The number of hydrogen-bond acceptors (Lipinski definition) is 6. The Balaban J connectivity index is 1.78. The Labute approximate surface area is 203 Å². The van der Waals surface area contributed by atoms with Crippen LogP contribution in [0.15, 0.2) is 70.2 Å². The second-order valence-corrected chi connectivity index (χ2v) is 7.96. The summed E-state index contributed by atoms with van der Waals surface area (Å²) in [5, 5.41) is 20.8. The summed E-state index contributed by atoms with van der Waals surface area (Å²) in [6, 6.07) is 16.9. The van der Waals surface area contributed by atoms with Crippen LogP contribution in [0.25, 0.3) is 33.7 Å². The van der Waals surface area contributed by atoms with Gasteiger partial charge in [0.2, 0.25) is 5.89 Å². The lowest BCUT2D eigenvalue weighted by Crippen LogP contribution is -2.13. The first-order chi connectivity index (χ1) is 16.9. The molecule has 4 rings (SSSR count). The number of fused-ring (bicyclic) bond motifs is 1. The van der Waals surface area contributed by atoms with E-state index in [0.717, 1.165) is 33.5 Å². The lowest BCUT2D eigenvalue weighted by Gasteiger charge is -2.16. The van der Waals surface area contributed by atoms with E-state index in [1.165, 1.54) is 6.07 Å². The topological polar surface area (TPSA) is 115 Å². The molecular formula is C28H23N5O2. The number of anilines is 1. The highest BCUT2D eigenvalue weighted by Gasteiger charge is 2.18. The van der Waals surface area contributed by atoms with Gasteiger partial charge in [0, 0.05) is 23.0 Å². The fraction of sp³-hybridized carbons (Fsp3) is 0.107. The van der Waals surface area contributed by atoms with Gasteiger partial charge >= 0.3 is 0 Å². The van der Waals surface area contributed by atoms with E-state index in [1.54, 1.807) is 19.2 Å². The van der Waals surface area contributed by atoms with Gasteiger partial charge in [-0.15, -0.1) is 0 Å². The third-order valence-corrected chi connectivity index (χ3v) is 5.79. The fourth-order valence-corrected chi connectivity index (χ4v) is 3.97. The van der Waals surface area contributed by atoms with E-state index in [1.807, 2.05) is 50.2 Å². The van der Waals surface area contributed by atoms with E-state index >= 15 is 0 Å². The normalized spacial score (nSPS) is 10.9. The van der Waals surface area contributed by atoms with Crippen molar-refractivity contribution in [1.29, 1.82) is 10.7 Å². The second kappa shape index (κ2) is 9.57. The van der Waals surface area contributed by atoms with Crippen LogP contribution in [0, 0.1) is 30.6 Å². The second-order valence-electron chi connectivity index (χ2n) is 7.96. The number of carbonyl (C=O) groups is 1. The smallest absolute Gasteiger partial charge is 0.227 e. The molecule has 0 aliphatic carbocycles. The first-order valence-corrected chi connectivity index (χ1v) is 10.9. The first-order valence-electron chi connectivity index (χ1n) is 10.9. The summed E-state index contributed by atoms with van der Waals surface area (Å²) in [7, 11) is 0. The van der Waals surface area contributed by atoms with Gasteiger partial charge in [-0.2, -0.15) is 5.26 Å². The summed E-state index contributed by atoms with van der Waals surface area (Å²) >= 11 is 0. The molecule has 0 spiro atoms. The highest BCUT2D eigenvalue weighted by Crippen LogP contribution is 2.36. The summed E-state index contributed by atoms with van der Waals surface area (Å²) < 4.78 is 5.99. The van der Waals surface area contributed by atoms with Crippen molar-refractivity contribution in [3.8, 4) is 28.7 Å². The molecule has 0 radical (unpaired) electrons. The third kappa shape index (κ3) is 4.37. The van der Waals surface area contributed by atoms with Gasteiger partial charge in [-0.25, -0.2) is 4.98 Å². The zero-order chi connectivity index (χ0) is 25.1. The van der Waals surface area contributed by atoms with Crippen LogP contribution in [-0.4, -0.2) is 23.3 Å². The highest BCUT2D eigenvalue weighted by atomic mass is 16.3. The molecule has 0 aliphatic rings. The van der Waals surface area contributed by atoms with E-state index in [-0.39, 0.29) is 11.4 Å². The van der Waals surface area contributed by atoms with Gasteiger partial charge in [0.25, 0.3) is 0 Å². The molecule has 0 saturated carbocycles. The monoisotopic (exact) mass is 461 g/mol. The van der Waals surface area contributed by atoms with Crippen LogP contribution in [0.1, 0.15) is 34.0 Å². The number of carbonyl (C=O) groups excluding carboxylic acids is 1. The van der Waals surface area contributed by atoms with Crippen molar-refractivity contribution < 1.29 is 9.21 Å². The number of oxazole rings is 1. The molecule has 4 aromatic rings. The van der Waals surface area contributed by atoms with Crippen molar-refractivity contribution in [2.24, 2.45) is 4.99 Å². The number of nitriles is 1. The van der Waals surface area contributed by atoms with Crippen LogP contribution in [0.4, 0.5) is 5.69 Å². The maximum absolute atomic E-state index is 11.2. The minimum atomic E-state index is 0.128. The minimum absolute atomic E-state index is 0.128. The standard InChI is InChI=1S/C28H23N5O2/c1-5-31-18(4)27(30)32-24-11-7-9-22(17(24)3)21-8-6-10-23(16(21)2)28-33-25-13-19(15-34)12-20(14-29)26(25)35-28/h5-13,15H,4H2,1-3H3,(H2,30,32)/b31-5-. The molecule has 0 amide bonds. The van der Waals surface area contributed by atoms with Gasteiger partial charge in [-0.1, -0.05) is 30.8 Å². The summed E-state index contributed by atoms with van der Waals surface area (Å²) in [6.07, 6.45) is 2.29. The molecular weight excluding hydrogens is 438 g/mol. The third-order valence-electron chi connectivity index (χ3n) is 5.79. The van der Waals surface area contributed by atoms with Crippen molar-refractivity contribution in [1.82, 2.24) is 4.98 Å². The number of aldehydes is 1. The number of rotatable bonds is 6. The van der Waals surface area contributed by atoms with E-state index in [4.69, 9.17) is 9.83 Å². The molecule has 0 aliphatic heterocycles. The van der Waals surface area contributed by atoms with Gasteiger partial charge in [-0.3, -0.25) is 15.2 Å². The number of aliphatic imine (C=N–C) groups is 1. The molecule has 7 heteroatoms. The Morgan fingerprint density at radius 2 is 1.83 bits per heavy atom. The lowest BCUT2D eigenvalue weighted by molar-refractivity contribution is 0.112. The fourth-order valence-electron chi connectivity index (χ4n) is 3.97. The number of nitrogens with one attached hydrogen (secondary N) is 2. The van der Waals surface area contributed by atoms with Crippen LogP contribution in [-0.2, 0) is 0 Å². The average molecular weight is 462 g/mol. The minimum Gasteiger partial charge on any atom is -0.435 e. The lowest BCUT2D eigenvalue weighted by atomic mass is 9.93. The molecule has 1 aromatic heterocycles. The van der Waals surface area contributed by atoms with Crippen molar-refractivity contribution in [2.75, 3.05) is 5.32 Å². The largest absolute Gasteiger partial charge is 0.435 e. The predicted octanol–water partition coefficient (Wildman–Crippen LogP) is 6.46. The van der Waals surface area contributed by atoms with E-state index in [0.29, 0.717) is 34.5 Å². The van der Waals surface area contributed by atoms with Crippen LogP contribution in [0.2, 0.25) is 0 Å². The van der Waals surface area contributed by atoms with Gasteiger partial charge < -0.3 is 9.73 Å². The van der Waals surface area contributed by atoms with Crippen LogP contribution in [0.3, 0.4) is 0 Å². The van der Waals surface area contributed by atoms with E-state index < -0.39 is 0 Å². The molecule has 0 unspecified atom stereocenters. The Kier molecular flexibility index (Phi) is 6.38. The summed E-state index contributed by atoms with van der Waals surface area (Å²) in [5.41, 5.74) is 7.25. The van der Waals surface area contributed by atoms with E-state index in [2.05, 4.69) is 27.9 Å². The van der Waals surface area contributed by atoms with Crippen LogP contribution >= 0.6 is 0 Å². The molecule has 35 heavy (non-hydrogen) atoms. The maximum Gasteiger partial charge on any atom is 0.227 e. The number of hydrogen-bond donors (Lipinski definition) is 2.